The van der Waals surface area contributed by atoms with E-state index in [-0.39, 0.29) is 5.56 Å². The molecule has 0 aromatic carbocycles. The van der Waals surface area contributed by atoms with Crippen LogP contribution < -0.4 is 10.3 Å². The van der Waals surface area contributed by atoms with Gasteiger partial charge in [0, 0.05) is 12.1 Å². The minimum atomic E-state index is -0.160. The van der Waals surface area contributed by atoms with Crippen molar-refractivity contribution in [3.05, 3.63) is 27.9 Å². The fourth-order valence-corrected chi connectivity index (χ4v) is 4.67. The number of aromatic nitrogens is 1. The maximum absolute atomic E-state index is 11.8. The number of hydrogen-bond acceptors (Lipinski definition) is 5. The average Bonchev–Trinajstić information content (AvgIpc) is 2.94. The van der Waals surface area contributed by atoms with E-state index >= 15 is 0 Å². The number of thiophene rings is 1. The Morgan fingerprint density at radius 2 is 2.17 bits per heavy atom. The molecule has 120 valence electrons. The van der Waals surface area contributed by atoms with Crippen LogP contribution in [0.3, 0.4) is 0 Å². The fourth-order valence-electron chi connectivity index (χ4n) is 3.54. The minimum Gasteiger partial charge on any atom is -0.496 e. The second kappa shape index (κ2) is 5.53. The molecule has 6 heteroatoms. The van der Waals surface area contributed by atoms with E-state index in [1.807, 2.05) is 6.34 Å². The Morgan fingerprint density at radius 1 is 1.39 bits per heavy atom. The molecule has 23 heavy (non-hydrogen) atoms. The van der Waals surface area contributed by atoms with E-state index in [0.29, 0.717) is 11.8 Å². The summed E-state index contributed by atoms with van der Waals surface area (Å²) in [5, 5.41) is 0.868. The molecule has 1 saturated carbocycles. The number of methoxy groups -OCH3 is 1. The van der Waals surface area contributed by atoms with Crippen molar-refractivity contribution in [1.82, 2.24) is 9.88 Å². The molecule has 0 atom stereocenters. The van der Waals surface area contributed by atoms with Crippen LogP contribution in [0.5, 0.6) is 5.75 Å². The van der Waals surface area contributed by atoms with Gasteiger partial charge in [-0.2, -0.15) is 0 Å². The van der Waals surface area contributed by atoms with Crippen LogP contribution in [0.2, 0.25) is 0 Å². The van der Waals surface area contributed by atoms with Crippen LogP contribution in [0.25, 0.3) is 15.9 Å². The van der Waals surface area contributed by atoms with E-state index in [2.05, 4.69) is 21.5 Å². The first-order valence-electron chi connectivity index (χ1n) is 7.94. The molecular weight excluding hydrogens is 310 g/mol. The third-order valence-corrected chi connectivity index (χ3v) is 5.84. The molecule has 4 rings (SSSR count). The van der Waals surface area contributed by atoms with Gasteiger partial charge in [0.25, 0.3) is 5.56 Å². The van der Waals surface area contributed by atoms with Gasteiger partial charge in [-0.15, -0.1) is 11.3 Å². The van der Waals surface area contributed by atoms with E-state index in [1.165, 1.54) is 49.5 Å². The zero-order valence-corrected chi connectivity index (χ0v) is 13.9. The topological polar surface area (TPSA) is 57.7 Å². The van der Waals surface area contributed by atoms with Crippen molar-refractivity contribution in [1.29, 1.82) is 0 Å². The first kappa shape index (κ1) is 14.5. The summed E-state index contributed by atoms with van der Waals surface area (Å²) < 4.78 is 5.38. The maximum Gasteiger partial charge on any atom is 0.252 e. The quantitative estimate of drug-likeness (QED) is 0.910. The first-order chi connectivity index (χ1) is 11.2. The summed E-state index contributed by atoms with van der Waals surface area (Å²) >= 11 is 1.53. The highest BCUT2D eigenvalue weighted by Crippen LogP contribution is 2.47. The number of rotatable bonds is 2. The second-order valence-electron chi connectivity index (χ2n) is 6.08. The lowest BCUT2D eigenvalue weighted by Gasteiger charge is -2.35. The third-order valence-electron chi connectivity index (χ3n) is 4.70. The molecule has 0 bridgehead atoms. The number of fused-ring (bicyclic) bond motifs is 3. The Hall–Kier alpha value is -2.08. The molecule has 2 aliphatic rings. The standard InChI is InChI=1S/C17H19N3O2S/c1-10-16-15(18-9-20(10)11-6-4-3-5-7-11)14-12(22-2)8-13(21)19-17(14)23-16/h8-9,11H,1,3-7H2,2H3,(H,19,21). The Bertz CT molecular complexity index is 859. The monoisotopic (exact) mass is 329 g/mol. The largest absolute Gasteiger partial charge is 0.496 e. The van der Waals surface area contributed by atoms with Gasteiger partial charge in [0.15, 0.2) is 0 Å². The van der Waals surface area contributed by atoms with Gasteiger partial charge in [-0.05, 0) is 12.8 Å². The van der Waals surface area contributed by atoms with Gasteiger partial charge in [-0.3, -0.25) is 4.79 Å². The summed E-state index contributed by atoms with van der Waals surface area (Å²) in [6, 6.07) is 1.96. The van der Waals surface area contributed by atoms with Crippen molar-refractivity contribution >= 4 is 39.3 Å². The van der Waals surface area contributed by atoms with Gasteiger partial charge >= 0.3 is 0 Å². The zero-order valence-electron chi connectivity index (χ0n) is 13.1. The molecular formula is C17H19N3O2S. The SMILES string of the molecule is C=C1c2sc3[nH]c(=O)cc(OC)c3c2N=CN1C1CCCCC1. The molecule has 5 nitrogen and oxygen atoms in total. The van der Waals surface area contributed by atoms with Crippen LogP contribution >= 0.6 is 11.3 Å². The van der Waals surface area contributed by atoms with E-state index in [4.69, 9.17) is 4.74 Å². The lowest BCUT2D eigenvalue weighted by Crippen LogP contribution is -2.34. The summed E-state index contributed by atoms with van der Waals surface area (Å²) in [4.78, 5) is 23.4. The number of hydrogen-bond donors (Lipinski definition) is 1. The lowest BCUT2D eigenvalue weighted by molar-refractivity contribution is 0.316. The summed E-state index contributed by atoms with van der Waals surface area (Å²) in [7, 11) is 1.58. The molecule has 0 saturated heterocycles. The third kappa shape index (κ3) is 2.28. The summed E-state index contributed by atoms with van der Waals surface area (Å²) in [5.41, 5.74) is 1.67. The van der Waals surface area contributed by atoms with Crippen LogP contribution in [0.1, 0.15) is 37.0 Å². The highest BCUT2D eigenvalue weighted by molar-refractivity contribution is 7.20. The Kier molecular flexibility index (Phi) is 3.49. The predicted octanol–water partition coefficient (Wildman–Crippen LogP) is 3.88. The molecule has 1 fully saturated rings. The van der Waals surface area contributed by atoms with Gasteiger partial charge in [-0.25, -0.2) is 4.99 Å². The molecule has 0 spiro atoms. The summed E-state index contributed by atoms with van der Waals surface area (Å²) in [6.07, 6.45) is 8.13. The molecule has 3 heterocycles. The van der Waals surface area contributed by atoms with Crippen molar-refractivity contribution in [2.24, 2.45) is 4.99 Å². The van der Waals surface area contributed by atoms with Crippen molar-refractivity contribution in [3.63, 3.8) is 0 Å². The highest BCUT2D eigenvalue weighted by atomic mass is 32.1. The van der Waals surface area contributed by atoms with Gasteiger partial charge < -0.3 is 14.6 Å². The van der Waals surface area contributed by atoms with Crippen LogP contribution in [0.15, 0.2) is 22.4 Å². The Balaban J connectivity index is 1.82. The molecule has 1 aliphatic heterocycles. The van der Waals surface area contributed by atoms with Crippen molar-refractivity contribution in [2.75, 3.05) is 7.11 Å². The van der Waals surface area contributed by atoms with Gasteiger partial charge in [-0.1, -0.05) is 25.8 Å². The first-order valence-corrected chi connectivity index (χ1v) is 8.76. The molecule has 0 radical (unpaired) electrons. The number of aromatic amines is 1. The number of H-pyrrole nitrogens is 1. The minimum absolute atomic E-state index is 0.160. The molecule has 2 aromatic rings. The number of nitrogens with one attached hydrogen (secondary N) is 1. The van der Waals surface area contributed by atoms with Crippen LogP contribution in [0.4, 0.5) is 5.69 Å². The molecule has 1 aliphatic carbocycles. The average molecular weight is 329 g/mol. The van der Waals surface area contributed by atoms with E-state index < -0.39 is 0 Å². The van der Waals surface area contributed by atoms with E-state index in [0.717, 1.165) is 26.5 Å². The number of pyridine rings is 1. The number of ether oxygens (including phenoxy) is 1. The molecule has 1 N–H and O–H groups in total. The molecule has 0 amide bonds. The highest BCUT2D eigenvalue weighted by Gasteiger charge is 2.29. The maximum atomic E-state index is 11.8. The number of aliphatic imine (C=N–C) groups is 1. The van der Waals surface area contributed by atoms with Gasteiger partial charge in [0.1, 0.15) is 10.6 Å². The predicted molar refractivity (Wildman–Crippen MR) is 94.9 cm³/mol. The van der Waals surface area contributed by atoms with Crippen LogP contribution in [-0.4, -0.2) is 29.4 Å². The molecule has 2 aromatic heterocycles. The van der Waals surface area contributed by atoms with E-state index in [9.17, 15) is 4.79 Å². The van der Waals surface area contributed by atoms with Crippen molar-refractivity contribution in [3.8, 4) is 5.75 Å². The van der Waals surface area contributed by atoms with Crippen molar-refractivity contribution in [2.45, 2.75) is 38.1 Å². The normalized spacial score (nSPS) is 18.5. The fraction of sp³-hybridized carbons (Fsp3) is 0.412. The molecule has 0 unspecified atom stereocenters. The summed E-state index contributed by atoms with van der Waals surface area (Å²) in [5.74, 6) is 0.567. The van der Waals surface area contributed by atoms with Crippen LogP contribution in [-0.2, 0) is 0 Å². The second-order valence-corrected chi connectivity index (χ2v) is 7.10. The summed E-state index contributed by atoms with van der Waals surface area (Å²) in [6.45, 7) is 4.30. The smallest absolute Gasteiger partial charge is 0.252 e. The van der Waals surface area contributed by atoms with Gasteiger partial charge in [0.2, 0.25) is 0 Å². The van der Waals surface area contributed by atoms with Crippen LogP contribution in [0, 0.1) is 0 Å². The van der Waals surface area contributed by atoms with Gasteiger partial charge in [0.05, 0.1) is 35.1 Å². The Labute approximate surface area is 138 Å². The Morgan fingerprint density at radius 3 is 2.91 bits per heavy atom. The lowest BCUT2D eigenvalue weighted by atomic mass is 9.94. The number of nitrogens with zero attached hydrogens (tertiary/aromatic N) is 2. The zero-order chi connectivity index (χ0) is 16.0. The van der Waals surface area contributed by atoms with E-state index in [1.54, 1.807) is 7.11 Å². The van der Waals surface area contributed by atoms with Crippen molar-refractivity contribution < 1.29 is 4.74 Å².